The molecule has 5 rings (SSSR count). The molecule has 32 heavy (non-hydrogen) atoms. The van der Waals surface area contributed by atoms with Crippen LogP contribution in [0.4, 0.5) is 18.9 Å². The minimum Gasteiger partial charge on any atom is -0.477 e. The first-order chi connectivity index (χ1) is 15.3. The third kappa shape index (κ3) is 3.00. The summed E-state index contributed by atoms with van der Waals surface area (Å²) in [6.07, 6.45) is 2.55. The summed E-state index contributed by atoms with van der Waals surface area (Å²) in [4.78, 5) is 25.9. The summed E-state index contributed by atoms with van der Waals surface area (Å²) in [5.41, 5.74) is 6.12. The van der Waals surface area contributed by atoms with E-state index in [0.717, 1.165) is 53.0 Å². The Morgan fingerprint density at radius 3 is 2.50 bits per heavy atom. The van der Waals surface area contributed by atoms with E-state index >= 15 is 8.78 Å². The first kappa shape index (κ1) is 20.3. The highest BCUT2D eigenvalue weighted by molar-refractivity contribution is 5.94. The summed E-state index contributed by atoms with van der Waals surface area (Å²) in [5.74, 6) is -4.03. The third-order valence-electron chi connectivity index (χ3n) is 6.21. The number of pyridine rings is 1. The highest BCUT2D eigenvalue weighted by Crippen LogP contribution is 2.38. The highest BCUT2D eigenvalue weighted by Gasteiger charge is 2.34. The molecule has 1 unspecified atom stereocenters. The maximum Gasteiger partial charge on any atom is 0.341 e. The summed E-state index contributed by atoms with van der Waals surface area (Å²) in [6, 6.07) is 5.61. The molecule has 0 bridgehead atoms. The Hall–Kier alpha value is -3.59. The standard InChI is InChI=1S/C23H18F3N3O3/c24-12-2-4-13(5-3-12)29-10-16(23(31)32)22(30)14-7-17(25)21(19(26)20(14)29)28-8-11-1-6-18(27)15(11)9-28/h2-5,7,10,18H,1,6,8-9,27H2,(H,31,32). The molecule has 6 nitrogen and oxygen atoms in total. The molecule has 0 radical (unpaired) electrons. The molecule has 1 atom stereocenters. The number of carboxylic acids is 1. The average molecular weight is 441 g/mol. The average Bonchev–Trinajstić information content (AvgIpc) is 3.31. The fourth-order valence-corrected chi connectivity index (χ4v) is 4.64. The van der Waals surface area contributed by atoms with Crippen molar-refractivity contribution in [3.63, 3.8) is 0 Å². The molecule has 0 spiro atoms. The van der Waals surface area contributed by atoms with E-state index in [4.69, 9.17) is 5.73 Å². The number of rotatable bonds is 3. The van der Waals surface area contributed by atoms with E-state index in [1.807, 2.05) is 0 Å². The molecule has 3 N–H and O–H groups in total. The van der Waals surface area contributed by atoms with Crippen molar-refractivity contribution in [3.05, 3.63) is 80.9 Å². The van der Waals surface area contributed by atoms with Gasteiger partial charge in [-0.05, 0) is 54.3 Å². The van der Waals surface area contributed by atoms with E-state index in [1.165, 1.54) is 12.1 Å². The number of fused-ring (bicyclic) bond motifs is 1. The molecule has 2 aromatic carbocycles. The molecule has 1 aromatic heterocycles. The van der Waals surface area contributed by atoms with Gasteiger partial charge in [0.1, 0.15) is 22.9 Å². The number of aromatic carboxylic acids is 1. The van der Waals surface area contributed by atoms with Crippen LogP contribution in [0, 0.1) is 17.5 Å². The van der Waals surface area contributed by atoms with Crippen molar-refractivity contribution in [3.8, 4) is 5.69 Å². The van der Waals surface area contributed by atoms with Gasteiger partial charge in [-0.2, -0.15) is 0 Å². The van der Waals surface area contributed by atoms with Gasteiger partial charge >= 0.3 is 5.97 Å². The van der Waals surface area contributed by atoms with Gasteiger partial charge in [-0.3, -0.25) is 4.79 Å². The van der Waals surface area contributed by atoms with Crippen LogP contribution in [0.1, 0.15) is 23.2 Å². The Morgan fingerprint density at radius 1 is 1.12 bits per heavy atom. The van der Waals surface area contributed by atoms with Crippen LogP contribution in [0.3, 0.4) is 0 Å². The van der Waals surface area contributed by atoms with Crippen LogP contribution < -0.4 is 16.1 Å². The summed E-state index contributed by atoms with van der Waals surface area (Å²) in [5, 5.41) is 9.02. The fourth-order valence-electron chi connectivity index (χ4n) is 4.64. The molecule has 0 amide bonds. The van der Waals surface area contributed by atoms with Crippen molar-refractivity contribution in [1.29, 1.82) is 0 Å². The molecule has 164 valence electrons. The zero-order valence-electron chi connectivity index (χ0n) is 16.7. The second-order valence-electron chi connectivity index (χ2n) is 8.07. The van der Waals surface area contributed by atoms with Gasteiger partial charge in [-0.15, -0.1) is 0 Å². The number of hydrogen-bond donors (Lipinski definition) is 2. The van der Waals surface area contributed by atoms with Crippen LogP contribution in [-0.2, 0) is 0 Å². The van der Waals surface area contributed by atoms with Crippen molar-refractivity contribution >= 4 is 22.6 Å². The fraction of sp³-hybridized carbons (Fsp3) is 0.217. The first-order valence-electron chi connectivity index (χ1n) is 10.0. The van der Waals surface area contributed by atoms with Gasteiger partial charge in [0.15, 0.2) is 5.82 Å². The summed E-state index contributed by atoms with van der Waals surface area (Å²) >= 11 is 0. The SMILES string of the molecule is NC1CCC2=C1CN(c1c(F)cc3c(=O)c(C(=O)O)cn(-c4ccc(F)cc4)c3c1F)C2. The molecule has 0 saturated carbocycles. The van der Waals surface area contributed by atoms with Gasteiger partial charge in [0.05, 0.1) is 10.9 Å². The lowest BCUT2D eigenvalue weighted by molar-refractivity contribution is 0.0695. The van der Waals surface area contributed by atoms with Gasteiger partial charge < -0.3 is 20.3 Å². The molecule has 2 heterocycles. The predicted octanol–water partition coefficient (Wildman–Crippen LogP) is 3.34. The second kappa shape index (κ2) is 7.23. The minimum absolute atomic E-state index is 0.142. The van der Waals surface area contributed by atoms with Crippen molar-refractivity contribution in [2.75, 3.05) is 18.0 Å². The Balaban J connectivity index is 1.76. The Bertz CT molecular complexity index is 1380. The zero-order valence-corrected chi connectivity index (χ0v) is 16.7. The molecule has 1 aliphatic heterocycles. The maximum atomic E-state index is 15.9. The Labute approximate surface area is 180 Å². The van der Waals surface area contributed by atoms with Crippen molar-refractivity contribution in [2.24, 2.45) is 5.73 Å². The van der Waals surface area contributed by atoms with Crippen molar-refractivity contribution in [1.82, 2.24) is 4.57 Å². The topological polar surface area (TPSA) is 88.6 Å². The third-order valence-corrected chi connectivity index (χ3v) is 6.21. The number of aromatic nitrogens is 1. The molecular weight excluding hydrogens is 423 g/mol. The molecule has 0 fully saturated rings. The molecule has 2 aliphatic rings. The van der Waals surface area contributed by atoms with Gasteiger partial charge in [0.25, 0.3) is 0 Å². The van der Waals surface area contributed by atoms with E-state index in [2.05, 4.69) is 0 Å². The number of nitrogens with zero attached hydrogens (tertiary/aromatic N) is 2. The summed E-state index contributed by atoms with van der Waals surface area (Å²) in [7, 11) is 0. The zero-order chi connectivity index (χ0) is 22.7. The smallest absolute Gasteiger partial charge is 0.341 e. The Kier molecular flexibility index (Phi) is 4.59. The maximum absolute atomic E-state index is 15.9. The number of hydrogen-bond acceptors (Lipinski definition) is 4. The minimum atomic E-state index is -1.54. The van der Waals surface area contributed by atoms with Crippen LogP contribution in [0.5, 0.6) is 0 Å². The summed E-state index contributed by atoms with van der Waals surface area (Å²) < 4.78 is 45.6. The van der Waals surface area contributed by atoms with Crippen molar-refractivity contribution in [2.45, 2.75) is 18.9 Å². The van der Waals surface area contributed by atoms with Gasteiger partial charge in [0, 0.05) is 31.0 Å². The van der Waals surface area contributed by atoms with E-state index < -0.39 is 39.8 Å². The van der Waals surface area contributed by atoms with Gasteiger partial charge in [-0.25, -0.2) is 18.0 Å². The number of halogens is 3. The monoisotopic (exact) mass is 441 g/mol. The lowest BCUT2D eigenvalue weighted by atomic mass is 10.1. The van der Waals surface area contributed by atoms with Crippen molar-refractivity contribution < 1.29 is 23.1 Å². The largest absolute Gasteiger partial charge is 0.477 e. The molecular formula is C23H18F3N3O3. The number of nitrogens with two attached hydrogens (primary N) is 1. The molecule has 3 aromatic rings. The highest BCUT2D eigenvalue weighted by atomic mass is 19.1. The Morgan fingerprint density at radius 2 is 1.84 bits per heavy atom. The van der Waals surface area contributed by atoms with Gasteiger partial charge in [0.2, 0.25) is 5.43 Å². The molecule has 9 heteroatoms. The number of benzene rings is 2. The predicted molar refractivity (Wildman–Crippen MR) is 113 cm³/mol. The normalized spacial score (nSPS) is 18.0. The first-order valence-corrected chi connectivity index (χ1v) is 10.0. The van der Waals surface area contributed by atoms with Crippen LogP contribution in [0.15, 0.2) is 52.5 Å². The number of anilines is 1. The van der Waals surface area contributed by atoms with E-state index in [9.17, 15) is 19.1 Å². The quantitative estimate of drug-likeness (QED) is 0.609. The second-order valence-corrected chi connectivity index (χ2v) is 8.07. The van der Waals surface area contributed by atoms with E-state index in [0.29, 0.717) is 6.54 Å². The molecule has 1 aliphatic carbocycles. The van der Waals surface area contributed by atoms with E-state index in [1.54, 1.807) is 4.90 Å². The van der Waals surface area contributed by atoms with E-state index in [-0.39, 0.29) is 29.5 Å². The lowest BCUT2D eigenvalue weighted by Gasteiger charge is -2.24. The number of carboxylic acid groups (broad SMARTS) is 1. The van der Waals surface area contributed by atoms with Crippen LogP contribution in [0.25, 0.3) is 16.6 Å². The molecule has 0 saturated heterocycles. The van der Waals surface area contributed by atoms with Crippen LogP contribution in [-0.4, -0.2) is 34.8 Å². The lowest BCUT2D eigenvalue weighted by Crippen LogP contribution is -2.29. The number of carbonyl (C=O) groups is 1. The summed E-state index contributed by atoms with van der Waals surface area (Å²) in [6.45, 7) is 0.611. The van der Waals surface area contributed by atoms with Crippen LogP contribution in [0.2, 0.25) is 0 Å². The van der Waals surface area contributed by atoms with Crippen LogP contribution >= 0.6 is 0 Å². The van der Waals surface area contributed by atoms with Gasteiger partial charge in [-0.1, -0.05) is 0 Å².